The molecule has 0 saturated heterocycles. The largest absolute Gasteiger partial charge is 0.311 e. The van der Waals surface area contributed by atoms with E-state index in [1.807, 2.05) is 18.3 Å². The van der Waals surface area contributed by atoms with Crippen LogP contribution in [0.15, 0.2) is 30.7 Å². The highest BCUT2D eigenvalue weighted by Crippen LogP contribution is 2.02. The van der Waals surface area contributed by atoms with Crippen LogP contribution < -0.4 is 5.32 Å². The number of hydrogen-bond acceptors (Lipinski definition) is 5. The summed E-state index contributed by atoms with van der Waals surface area (Å²) in [5, 5.41) is 19.7. The van der Waals surface area contributed by atoms with Crippen molar-refractivity contribution in [2.45, 2.75) is 13.1 Å². The molecule has 86 valence electrons. The second kappa shape index (κ2) is 5.72. The maximum atomic E-state index is 8.86. The quantitative estimate of drug-likeness (QED) is 0.746. The average Bonchev–Trinajstić information content (AvgIpc) is 2.88. The summed E-state index contributed by atoms with van der Waals surface area (Å²) in [6.45, 7) is 2.15. The molecule has 2 aromatic heterocycles. The first-order chi connectivity index (χ1) is 8.40. The van der Waals surface area contributed by atoms with Gasteiger partial charge in [-0.2, -0.15) is 5.26 Å². The van der Waals surface area contributed by atoms with Crippen LogP contribution in [0.3, 0.4) is 0 Å². The molecule has 0 atom stereocenters. The molecule has 0 bridgehead atoms. The van der Waals surface area contributed by atoms with Crippen LogP contribution in [0.2, 0.25) is 0 Å². The van der Waals surface area contributed by atoms with Crippen molar-refractivity contribution in [3.8, 4) is 6.07 Å². The van der Waals surface area contributed by atoms with Gasteiger partial charge >= 0.3 is 0 Å². The summed E-state index contributed by atoms with van der Waals surface area (Å²) in [6.07, 6.45) is 5.08. The van der Waals surface area contributed by atoms with Crippen molar-refractivity contribution in [2.75, 3.05) is 6.54 Å². The summed E-state index contributed by atoms with van der Waals surface area (Å²) in [5.41, 5.74) is 1.38. The Labute approximate surface area is 98.9 Å². The van der Waals surface area contributed by atoms with Gasteiger partial charge in [0.25, 0.3) is 0 Å². The van der Waals surface area contributed by atoms with Crippen LogP contribution in [0.5, 0.6) is 0 Å². The van der Waals surface area contributed by atoms with E-state index in [0.717, 1.165) is 18.7 Å². The number of hydrogen-bond donors (Lipinski definition) is 1. The van der Waals surface area contributed by atoms with Gasteiger partial charge in [0.15, 0.2) is 0 Å². The molecule has 1 N–H and O–H groups in total. The molecule has 0 radical (unpaired) electrons. The van der Waals surface area contributed by atoms with E-state index in [2.05, 4.69) is 26.7 Å². The van der Waals surface area contributed by atoms with E-state index < -0.39 is 0 Å². The number of rotatable bonds is 5. The fraction of sp³-hybridized carbons (Fsp3) is 0.273. The Hall–Kier alpha value is -2.26. The number of nitrogens with zero attached hydrogens (tertiary/aromatic N) is 5. The van der Waals surface area contributed by atoms with Gasteiger partial charge < -0.3 is 5.32 Å². The van der Waals surface area contributed by atoms with E-state index >= 15 is 0 Å². The maximum Gasteiger partial charge on any atom is 0.144 e. The summed E-state index contributed by atoms with van der Waals surface area (Å²) in [5.74, 6) is 0. The third-order valence-electron chi connectivity index (χ3n) is 2.30. The molecule has 0 saturated carbocycles. The minimum absolute atomic E-state index is 0.473. The highest BCUT2D eigenvalue weighted by atomic mass is 15.4. The zero-order valence-corrected chi connectivity index (χ0v) is 9.24. The van der Waals surface area contributed by atoms with E-state index in [9.17, 15) is 0 Å². The van der Waals surface area contributed by atoms with E-state index in [1.165, 1.54) is 0 Å². The minimum atomic E-state index is 0.473. The lowest BCUT2D eigenvalue weighted by Crippen LogP contribution is -2.20. The monoisotopic (exact) mass is 228 g/mol. The van der Waals surface area contributed by atoms with Crippen molar-refractivity contribution in [2.24, 2.45) is 0 Å². The molecule has 2 aromatic rings. The first-order valence-corrected chi connectivity index (χ1v) is 5.29. The number of nitrogens with one attached hydrogen (secondary N) is 1. The first kappa shape index (κ1) is 11.2. The summed E-state index contributed by atoms with van der Waals surface area (Å²) in [6, 6.07) is 5.80. The highest BCUT2D eigenvalue weighted by Gasteiger charge is 2.01. The molecule has 0 aliphatic rings. The Morgan fingerprint density at radius 1 is 1.41 bits per heavy atom. The molecule has 0 amide bonds. The van der Waals surface area contributed by atoms with Gasteiger partial charge in [0.2, 0.25) is 0 Å². The molecular formula is C11H12N6. The maximum absolute atomic E-state index is 8.86. The smallest absolute Gasteiger partial charge is 0.144 e. The molecule has 0 fully saturated rings. The summed E-state index contributed by atoms with van der Waals surface area (Å²) < 4.78 is 1.75. The van der Waals surface area contributed by atoms with E-state index in [-0.39, 0.29) is 0 Å². The van der Waals surface area contributed by atoms with Gasteiger partial charge in [-0.1, -0.05) is 11.3 Å². The number of pyridine rings is 1. The highest BCUT2D eigenvalue weighted by molar-refractivity contribution is 5.30. The minimum Gasteiger partial charge on any atom is -0.311 e. The van der Waals surface area contributed by atoms with Gasteiger partial charge in [-0.05, 0) is 6.07 Å². The van der Waals surface area contributed by atoms with E-state index in [4.69, 9.17) is 5.26 Å². The van der Waals surface area contributed by atoms with Crippen molar-refractivity contribution < 1.29 is 0 Å². The first-order valence-electron chi connectivity index (χ1n) is 5.29. The van der Waals surface area contributed by atoms with Gasteiger partial charge in [0.05, 0.1) is 12.7 Å². The lowest BCUT2D eigenvalue weighted by molar-refractivity contribution is 0.539. The molecule has 0 spiro atoms. The van der Waals surface area contributed by atoms with Gasteiger partial charge in [-0.3, -0.25) is 4.68 Å². The molecule has 0 aromatic carbocycles. The molecule has 2 rings (SSSR count). The van der Waals surface area contributed by atoms with Crippen LogP contribution in [-0.2, 0) is 13.1 Å². The van der Waals surface area contributed by atoms with Crippen LogP contribution in [0.1, 0.15) is 11.3 Å². The Kier molecular flexibility index (Phi) is 3.78. The van der Waals surface area contributed by atoms with E-state index in [1.54, 1.807) is 17.1 Å². The molecule has 0 aliphatic heterocycles. The zero-order valence-electron chi connectivity index (χ0n) is 9.24. The molecule has 0 unspecified atom stereocenters. The lowest BCUT2D eigenvalue weighted by Gasteiger charge is -2.05. The topological polar surface area (TPSA) is 79.4 Å². The Balaban J connectivity index is 1.80. The van der Waals surface area contributed by atoms with Crippen LogP contribution in [0.4, 0.5) is 0 Å². The second-order valence-electron chi connectivity index (χ2n) is 3.47. The lowest BCUT2D eigenvalue weighted by atomic mass is 10.2. The average molecular weight is 228 g/mol. The summed E-state index contributed by atoms with van der Waals surface area (Å²) in [4.78, 5) is 4.00. The molecule has 17 heavy (non-hydrogen) atoms. The molecule has 6 heteroatoms. The molecule has 0 aliphatic carbocycles. The molecule has 6 nitrogen and oxygen atoms in total. The Bertz CT molecular complexity index is 499. The predicted molar refractivity (Wildman–Crippen MR) is 60.7 cm³/mol. The number of nitriles is 1. The van der Waals surface area contributed by atoms with Gasteiger partial charge in [0, 0.05) is 31.0 Å². The van der Waals surface area contributed by atoms with Crippen LogP contribution in [0, 0.1) is 11.3 Å². The third-order valence-corrected chi connectivity index (χ3v) is 2.30. The molecular weight excluding hydrogens is 216 g/mol. The standard InChI is InChI=1S/C11H12N6/c12-8-11-10(2-1-3-14-11)9-13-4-6-17-7-5-15-16-17/h1-3,5,7,13H,4,6,9H2. The van der Waals surface area contributed by atoms with Crippen molar-refractivity contribution in [1.29, 1.82) is 5.26 Å². The Morgan fingerprint density at radius 2 is 2.35 bits per heavy atom. The zero-order chi connectivity index (χ0) is 11.9. The SMILES string of the molecule is N#Cc1ncccc1CNCCn1ccnn1. The van der Waals surface area contributed by atoms with Crippen molar-refractivity contribution in [1.82, 2.24) is 25.3 Å². The summed E-state index contributed by atoms with van der Waals surface area (Å²) in [7, 11) is 0. The van der Waals surface area contributed by atoms with Crippen molar-refractivity contribution >= 4 is 0 Å². The van der Waals surface area contributed by atoms with Crippen molar-refractivity contribution in [3.05, 3.63) is 42.0 Å². The fourth-order valence-corrected chi connectivity index (χ4v) is 1.45. The molecule has 2 heterocycles. The van der Waals surface area contributed by atoms with Crippen LogP contribution in [-0.4, -0.2) is 26.5 Å². The second-order valence-corrected chi connectivity index (χ2v) is 3.47. The number of aromatic nitrogens is 4. The van der Waals surface area contributed by atoms with Gasteiger partial charge in [0.1, 0.15) is 11.8 Å². The predicted octanol–water partition coefficient (Wildman–Crippen LogP) is 0.335. The summed E-state index contributed by atoms with van der Waals surface area (Å²) >= 11 is 0. The van der Waals surface area contributed by atoms with Gasteiger partial charge in [-0.25, -0.2) is 4.98 Å². The Morgan fingerprint density at radius 3 is 3.12 bits per heavy atom. The third kappa shape index (κ3) is 3.09. The van der Waals surface area contributed by atoms with E-state index in [0.29, 0.717) is 12.2 Å². The van der Waals surface area contributed by atoms with Crippen LogP contribution in [0.25, 0.3) is 0 Å². The van der Waals surface area contributed by atoms with Crippen LogP contribution >= 0.6 is 0 Å². The van der Waals surface area contributed by atoms with Crippen molar-refractivity contribution in [3.63, 3.8) is 0 Å². The fourth-order valence-electron chi connectivity index (χ4n) is 1.45. The normalized spacial score (nSPS) is 10.1. The van der Waals surface area contributed by atoms with Gasteiger partial charge in [-0.15, -0.1) is 5.10 Å².